The van der Waals surface area contributed by atoms with E-state index in [1.54, 1.807) is 0 Å². The monoisotopic (exact) mass is 282 g/mol. The normalized spacial score (nSPS) is 24.1. The summed E-state index contributed by atoms with van der Waals surface area (Å²) in [6, 6.07) is -1.49. The molecule has 4 amide bonds. The van der Waals surface area contributed by atoms with E-state index >= 15 is 0 Å². The fourth-order valence-electron chi connectivity index (χ4n) is 2.98. The molecule has 2 aliphatic rings. The Kier molecular flexibility index (Phi) is 4.27. The van der Waals surface area contributed by atoms with Crippen LogP contribution in [-0.4, -0.2) is 40.9 Å². The Hall–Kier alpha value is -1.63. The number of nitrogens with zero attached hydrogens (tertiary/aromatic N) is 1. The van der Waals surface area contributed by atoms with E-state index < -0.39 is 23.5 Å². The second-order valence-corrected chi connectivity index (χ2v) is 5.70. The van der Waals surface area contributed by atoms with Crippen molar-refractivity contribution in [1.82, 2.24) is 10.2 Å². The number of imide groups is 1. The molecule has 0 radical (unpaired) electrons. The van der Waals surface area contributed by atoms with E-state index in [2.05, 4.69) is 5.32 Å². The molecule has 1 atom stereocenters. The zero-order chi connectivity index (χ0) is 14.8. The summed E-state index contributed by atoms with van der Waals surface area (Å²) in [4.78, 5) is 36.6. The number of primary amides is 1. The molecule has 1 aliphatic carbocycles. The van der Waals surface area contributed by atoms with Crippen molar-refractivity contribution >= 4 is 17.8 Å². The number of rotatable bonds is 3. The Morgan fingerprint density at radius 3 is 2.30 bits per heavy atom. The first-order valence-electron chi connectivity index (χ1n) is 7.15. The van der Waals surface area contributed by atoms with Gasteiger partial charge in [-0.3, -0.25) is 14.5 Å². The largest absolute Gasteiger partial charge is 0.368 e. The molecule has 2 rings (SSSR count). The molecule has 0 bridgehead atoms. The van der Waals surface area contributed by atoms with Gasteiger partial charge < -0.3 is 16.8 Å². The molecular weight excluding hydrogens is 260 g/mol. The minimum atomic E-state index is -1.02. The van der Waals surface area contributed by atoms with Gasteiger partial charge in [-0.1, -0.05) is 32.1 Å². The van der Waals surface area contributed by atoms with Crippen LogP contribution >= 0.6 is 0 Å². The molecule has 7 nitrogen and oxygen atoms in total. The first-order valence-corrected chi connectivity index (χ1v) is 7.15. The molecule has 0 aromatic carbocycles. The number of carbonyl (C=O) groups is 3. The van der Waals surface area contributed by atoms with Gasteiger partial charge in [0.2, 0.25) is 5.91 Å². The number of hydrogen-bond donors (Lipinski definition) is 3. The van der Waals surface area contributed by atoms with E-state index in [4.69, 9.17) is 11.5 Å². The third-order valence-corrected chi connectivity index (χ3v) is 4.20. The molecule has 2 fully saturated rings. The molecular formula is C13H22N4O3. The summed E-state index contributed by atoms with van der Waals surface area (Å²) in [5.41, 5.74) is 9.84. The van der Waals surface area contributed by atoms with Gasteiger partial charge >= 0.3 is 6.03 Å². The Balaban J connectivity index is 2.12. The minimum Gasteiger partial charge on any atom is -0.368 e. The van der Waals surface area contributed by atoms with Crippen LogP contribution in [0.2, 0.25) is 0 Å². The number of urea groups is 1. The zero-order valence-electron chi connectivity index (χ0n) is 11.6. The molecule has 0 aromatic rings. The van der Waals surface area contributed by atoms with Crippen molar-refractivity contribution in [1.29, 1.82) is 0 Å². The molecule has 1 saturated carbocycles. The lowest BCUT2D eigenvalue weighted by Crippen LogP contribution is -2.50. The highest BCUT2D eigenvalue weighted by Gasteiger charge is 2.50. The smallest absolute Gasteiger partial charge is 0.325 e. The van der Waals surface area contributed by atoms with E-state index in [1.807, 2.05) is 0 Å². The van der Waals surface area contributed by atoms with E-state index in [-0.39, 0.29) is 12.5 Å². The van der Waals surface area contributed by atoms with Crippen LogP contribution in [-0.2, 0) is 9.59 Å². The fraction of sp³-hybridized carbons (Fsp3) is 0.769. The van der Waals surface area contributed by atoms with Gasteiger partial charge in [-0.2, -0.15) is 0 Å². The Bertz CT molecular complexity index is 416. The maximum atomic E-state index is 12.6. The Morgan fingerprint density at radius 1 is 1.20 bits per heavy atom. The van der Waals surface area contributed by atoms with E-state index in [1.165, 1.54) is 6.42 Å². The van der Waals surface area contributed by atoms with Crippen LogP contribution in [0.1, 0.15) is 44.9 Å². The van der Waals surface area contributed by atoms with Gasteiger partial charge in [0.25, 0.3) is 5.91 Å². The lowest BCUT2D eigenvalue weighted by atomic mass is 9.84. The molecule has 1 unspecified atom stereocenters. The van der Waals surface area contributed by atoms with Gasteiger partial charge in [-0.25, -0.2) is 4.79 Å². The number of amides is 4. The van der Waals surface area contributed by atoms with Crippen molar-refractivity contribution in [3.8, 4) is 0 Å². The quantitative estimate of drug-likeness (QED) is 0.623. The molecule has 112 valence electrons. The summed E-state index contributed by atoms with van der Waals surface area (Å²) in [5.74, 6) is -0.981. The van der Waals surface area contributed by atoms with Crippen LogP contribution in [0, 0.1) is 0 Å². The fourth-order valence-corrected chi connectivity index (χ4v) is 2.98. The van der Waals surface area contributed by atoms with Crippen molar-refractivity contribution < 1.29 is 14.4 Å². The third kappa shape index (κ3) is 2.77. The van der Waals surface area contributed by atoms with Crippen LogP contribution in [0.4, 0.5) is 4.79 Å². The number of nitrogens with two attached hydrogens (primary N) is 2. The van der Waals surface area contributed by atoms with Crippen LogP contribution in [0.15, 0.2) is 0 Å². The third-order valence-electron chi connectivity index (χ3n) is 4.20. The van der Waals surface area contributed by atoms with E-state index in [0.717, 1.165) is 30.6 Å². The average molecular weight is 282 g/mol. The summed E-state index contributed by atoms with van der Waals surface area (Å²) >= 11 is 0. The molecule has 1 heterocycles. The van der Waals surface area contributed by atoms with Crippen LogP contribution in [0.25, 0.3) is 0 Å². The van der Waals surface area contributed by atoms with Gasteiger partial charge in [0.1, 0.15) is 11.6 Å². The summed E-state index contributed by atoms with van der Waals surface area (Å²) in [6.07, 6.45) is 6.47. The standard InChI is InChI=1S/C13H22N4O3/c14-9(10(15)18)8-17-11(19)13(16-12(17)20)6-4-2-1-3-5-7-13/h9H,1-8,14H2,(H2,15,18)(H,16,20). The van der Waals surface area contributed by atoms with Crippen molar-refractivity contribution in [2.24, 2.45) is 11.5 Å². The maximum absolute atomic E-state index is 12.6. The lowest BCUT2D eigenvalue weighted by molar-refractivity contribution is -0.132. The summed E-state index contributed by atoms with van der Waals surface area (Å²) in [5, 5.41) is 2.81. The first-order chi connectivity index (χ1) is 9.46. The first kappa shape index (κ1) is 14.8. The van der Waals surface area contributed by atoms with Gasteiger partial charge in [-0.15, -0.1) is 0 Å². The highest BCUT2D eigenvalue weighted by Crippen LogP contribution is 2.31. The predicted octanol–water partition coefficient (Wildman–Crippen LogP) is -0.166. The van der Waals surface area contributed by atoms with Crippen molar-refractivity contribution in [2.45, 2.75) is 56.5 Å². The minimum absolute atomic E-state index is 0.151. The summed E-state index contributed by atoms with van der Waals surface area (Å²) in [7, 11) is 0. The highest BCUT2D eigenvalue weighted by atomic mass is 16.2. The number of nitrogens with one attached hydrogen (secondary N) is 1. The summed E-state index contributed by atoms with van der Waals surface area (Å²) in [6.45, 7) is -0.151. The molecule has 20 heavy (non-hydrogen) atoms. The van der Waals surface area contributed by atoms with E-state index in [0.29, 0.717) is 12.8 Å². The van der Waals surface area contributed by atoms with Gasteiger partial charge in [0.15, 0.2) is 0 Å². The average Bonchev–Trinajstić information content (AvgIpc) is 2.59. The molecule has 0 aromatic heterocycles. The predicted molar refractivity (Wildman–Crippen MR) is 72.5 cm³/mol. The van der Waals surface area contributed by atoms with Crippen molar-refractivity contribution in [3.05, 3.63) is 0 Å². The Labute approximate surface area is 118 Å². The Morgan fingerprint density at radius 2 is 1.75 bits per heavy atom. The molecule has 7 heteroatoms. The maximum Gasteiger partial charge on any atom is 0.325 e. The van der Waals surface area contributed by atoms with Gasteiger partial charge in [0, 0.05) is 0 Å². The highest BCUT2D eigenvalue weighted by molar-refractivity contribution is 6.07. The number of hydrogen-bond acceptors (Lipinski definition) is 4. The SMILES string of the molecule is NC(=O)C(N)CN1C(=O)NC2(CCCCCCC2)C1=O. The van der Waals surface area contributed by atoms with Crippen molar-refractivity contribution in [3.63, 3.8) is 0 Å². The van der Waals surface area contributed by atoms with Crippen LogP contribution < -0.4 is 16.8 Å². The van der Waals surface area contributed by atoms with Gasteiger partial charge in [-0.05, 0) is 12.8 Å². The zero-order valence-corrected chi connectivity index (χ0v) is 11.6. The van der Waals surface area contributed by atoms with E-state index in [9.17, 15) is 14.4 Å². The van der Waals surface area contributed by atoms with Crippen LogP contribution in [0.3, 0.4) is 0 Å². The van der Waals surface area contributed by atoms with Gasteiger partial charge in [0.05, 0.1) is 6.54 Å². The molecule has 5 N–H and O–H groups in total. The lowest BCUT2D eigenvalue weighted by Gasteiger charge is -2.28. The second kappa shape index (κ2) is 5.78. The molecule has 1 spiro atoms. The molecule has 1 aliphatic heterocycles. The second-order valence-electron chi connectivity index (χ2n) is 5.70. The van der Waals surface area contributed by atoms with Crippen molar-refractivity contribution in [2.75, 3.05) is 6.54 Å². The van der Waals surface area contributed by atoms with Crippen LogP contribution in [0.5, 0.6) is 0 Å². The topological polar surface area (TPSA) is 119 Å². The molecule has 1 saturated heterocycles. The summed E-state index contributed by atoms with van der Waals surface area (Å²) < 4.78 is 0. The number of carbonyl (C=O) groups excluding carboxylic acids is 3.